The van der Waals surface area contributed by atoms with E-state index >= 15 is 0 Å². The highest BCUT2D eigenvalue weighted by atomic mass is 31.2. The van der Waals surface area contributed by atoms with Crippen LogP contribution in [0, 0.1) is 0 Å². The SMILES string of the molecule is CCOP(=O)(CC/C=C/CO[Si](c1ccccc1)(c1ccccc1)C(C)(C)C)OCC. The standard InChI is InChI=1S/C25H37O4PSi/c1-6-27-30(26,28-7-2)22-16-10-15-21-29-31(25(3,4)5,23-17-11-8-12-18-23)24-19-13-9-14-20-24/h8-15,17-20H,6-7,16,21-22H2,1-5H3/b15-10+. The van der Waals surface area contributed by atoms with E-state index in [9.17, 15) is 4.57 Å². The number of allylic oxidation sites excluding steroid dienone is 1. The first-order valence-corrected chi connectivity index (χ1v) is 14.7. The molecule has 0 fully saturated rings. The zero-order chi connectivity index (χ0) is 22.8. The van der Waals surface area contributed by atoms with Crippen LogP contribution in [0.5, 0.6) is 0 Å². The lowest BCUT2D eigenvalue weighted by molar-refractivity contribution is 0.220. The van der Waals surface area contributed by atoms with E-state index in [0.717, 1.165) is 0 Å². The Hall–Kier alpha value is -1.49. The summed E-state index contributed by atoms with van der Waals surface area (Å²) >= 11 is 0. The van der Waals surface area contributed by atoms with Gasteiger partial charge in [-0.3, -0.25) is 4.57 Å². The molecular weight excluding hydrogens is 423 g/mol. The molecule has 2 aromatic carbocycles. The Morgan fingerprint density at radius 1 is 0.839 bits per heavy atom. The van der Waals surface area contributed by atoms with Crippen molar-refractivity contribution in [1.82, 2.24) is 0 Å². The number of rotatable bonds is 12. The molecule has 0 heterocycles. The van der Waals surface area contributed by atoms with Crippen molar-refractivity contribution in [3.05, 3.63) is 72.8 Å². The Balaban J connectivity index is 2.20. The van der Waals surface area contributed by atoms with E-state index < -0.39 is 15.9 Å². The molecule has 170 valence electrons. The summed E-state index contributed by atoms with van der Waals surface area (Å²) in [6.07, 6.45) is 5.05. The Bertz CT molecular complexity index is 797. The van der Waals surface area contributed by atoms with Crippen molar-refractivity contribution in [1.29, 1.82) is 0 Å². The van der Waals surface area contributed by atoms with Gasteiger partial charge in [0.25, 0.3) is 8.32 Å². The molecule has 4 nitrogen and oxygen atoms in total. The van der Waals surface area contributed by atoms with Gasteiger partial charge in [0.1, 0.15) is 0 Å². The molecule has 0 saturated carbocycles. The zero-order valence-electron chi connectivity index (χ0n) is 19.5. The molecule has 0 N–H and O–H groups in total. The van der Waals surface area contributed by atoms with Gasteiger partial charge in [-0.1, -0.05) is 93.6 Å². The van der Waals surface area contributed by atoms with E-state index in [-0.39, 0.29) is 5.04 Å². The van der Waals surface area contributed by atoms with Crippen molar-refractivity contribution < 1.29 is 18.0 Å². The molecule has 0 atom stereocenters. The third-order valence-electron chi connectivity index (χ3n) is 5.20. The zero-order valence-corrected chi connectivity index (χ0v) is 21.4. The van der Waals surface area contributed by atoms with Crippen molar-refractivity contribution in [3.8, 4) is 0 Å². The Labute approximate surface area is 189 Å². The van der Waals surface area contributed by atoms with Crippen LogP contribution in [0.2, 0.25) is 5.04 Å². The van der Waals surface area contributed by atoms with Crippen molar-refractivity contribution in [2.75, 3.05) is 26.0 Å². The topological polar surface area (TPSA) is 44.8 Å². The van der Waals surface area contributed by atoms with E-state index in [1.54, 1.807) is 0 Å². The maximum atomic E-state index is 12.6. The maximum absolute atomic E-state index is 12.6. The highest BCUT2D eigenvalue weighted by Crippen LogP contribution is 2.48. The predicted octanol–water partition coefficient (Wildman–Crippen LogP) is 5.78. The van der Waals surface area contributed by atoms with Crippen LogP contribution in [0.4, 0.5) is 0 Å². The summed E-state index contributed by atoms with van der Waals surface area (Å²) < 4.78 is 30.2. The summed E-state index contributed by atoms with van der Waals surface area (Å²) in [4.78, 5) is 0. The summed E-state index contributed by atoms with van der Waals surface area (Å²) in [7, 11) is -5.53. The number of benzene rings is 2. The van der Waals surface area contributed by atoms with E-state index in [1.165, 1.54) is 10.4 Å². The molecule has 0 amide bonds. The van der Waals surface area contributed by atoms with Crippen molar-refractivity contribution in [2.45, 2.75) is 46.1 Å². The average Bonchev–Trinajstić information content (AvgIpc) is 2.74. The molecule has 0 bridgehead atoms. The summed E-state index contributed by atoms with van der Waals surface area (Å²) in [5.41, 5.74) is 0. The second kappa shape index (κ2) is 11.9. The Kier molecular flexibility index (Phi) is 9.92. The predicted molar refractivity (Wildman–Crippen MR) is 133 cm³/mol. The summed E-state index contributed by atoms with van der Waals surface area (Å²) in [6, 6.07) is 21.2. The normalized spacial score (nSPS) is 13.1. The van der Waals surface area contributed by atoms with Crippen molar-refractivity contribution in [3.63, 3.8) is 0 Å². The second-order valence-electron chi connectivity index (χ2n) is 8.40. The molecular formula is C25H37O4PSi. The van der Waals surface area contributed by atoms with E-state index in [2.05, 4.69) is 69.3 Å². The first-order valence-electron chi connectivity index (χ1n) is 11.1. The lowest BCUT2D eigenvalue weighted by atomic mass is 10.2. The van der Waals surface area contributed by atoms with E-state index in [0.29, 0.717) is 32.4 Å². The summed E-state index contributed by atoms with van der Waals surface area (Å²) in [5, 5.41) is 2.47. The largest absolute Gasteiger partial charge is 0.404 e. The lowest BCUT2D eigenvalue weighted by Gasteiger charge is -2.42. The minimum Gasteiger partial charge on any atom is -0.404 e. The maximum Gasteiger partial charge on any atom is 0.330 e. The molecule has 0 unspecified atom stereocenters. The molecule has 0 spiro atoms. The monoisotopic (exact) mass is 460 g/mol. The molecule has 0 aliphatic carbocycles. The van der Waals surface area contributed by atoms with Crippen LogP contribution in [0.25, 0.3) is 0 Å². The van der Waals surface area contributed by atoms with Crippen molar-refractivity contribution >= 4 is 26.3 Å². The Morgan fingerprint density at radius 3 is 1.74 bits per heavy atom. The van der Waals surface area contributed by atoms with E-state index in [4.69, 9.17) is 13.5 Å². The Morgan fingerprint density at radius 2 is 1.32 bits per heavy atom. The lowest BCUT2D eigenvalue weighted by Crippen LogP contribution is -2.66. The minimum absolute atomic E-state index is 0.0524. The van der Waals surface area contributed by atoms with Gasteiger partial charge in [0.2, 0.25) is 0 Å². The van der Waals surface area contributed by atoms with Crippen LogP contribution < -0.4 is 10.4 Å². The van der Waals surface area contributed by atoms with E-state index in [1.807, 2.05) is 38.1 Å². The van der Waals surface area contributed by atoms with Crippen LogP contribution in [-0.4, -0.2) is 34.3 Å². The van der Waals surface area contributed by atoms with Crippen LogP contribution in [0.15, 0.2) is 72.8 Å². The van der Waals surface area contributed by atoms with Crippen LogP contribution in [0.3, 0.4) is 0 Å². The van der Waals surface area contributed by atoms with Gasteiger partial charge in [0, 0.05) is 0 Å². The van der Waals surface area contributed by atoms with Crippen LogP contribution >= 0.6 is 7.60 Å². The summed E-state index contributed by atoms with van der Waals surface area (Å²) in [6.45, 7) is 11.7. The molecule has 0 aromatic heterocycles. The number of hydrogen-bond acceptors (Lipinski definition) is 4. The third-order valence-corrected chi connectivity index (χ3v) is 12.3. The quantitative estimate of drug-likeness (QED) is 0.229. The molecule has 0 aliphatic heterocycles. The molecule has 2 aromatic rings. The van der Waals surface area contributed by atoms with Crippen molar-refractivity contribution in [2.24, 2.45) is 0 Å². The third kappa shape index (κ3) is 6.74. The minimum atomic E-state index is -3.01. The molecule has 0 saturated heterocycles. The van der Waals surface area contributed by atoms with Gasteiger partial charge in [-0.25, -0.2) is 0 Å². The smallest absolute Gasteiger partial charge is 0.330 e. The van der Waals surface area contributed by atoms with Gasteiger partial charge in [0.05, 0.1) is 26.0 Å². The summed E-state index contributed by atoms with van der Waals surface area (Å²) in [5.74, 6) is 0. The molecule has 0 radical (unpaired) electrons. The highest BCUT2D eigenvalue weighted by Gasteiger charge is 2.49. The first-order chi connectivity index (χ1) is 14.8. The van der Waals surface area contributed by atoms with Crippen LogP contribution in [-0.2, 0) is 18.0 Å². The van der Waals surface area contributed by atoms with Gasteiger partial charge in [-0.15, -0.1) is 0 Å². The first kappa shape index (κ1) is 25.8. The van der Waals surface area contributed by atoms with Gasteiger partial charge in [0.15, 0.2) is 0 Å². The fourth-order valence-corrected chi connectivity index (χ4v) is 10.00. The highest BCUT2D eigenvalue weighted by molar-refractivity contribution is 7.53. The molecule has 0 aliphatic rings. The molecule has 6 heteroatoms. The fourth-order valence-electron chi connectivity index (χ4n) is 3.91. The van der Waals surface area contributed by atoms with Crippen LogP contribution in [0.1, 0.15) is 41.0 Å². The molecule has 2 rings (SSSR count). The van der Waals surface area contributed by atoms with Gasteiger partial charge in [-0.2, -0.15) is 0 Å². The van der Waals surface area contributed by atoms with Gasteiger partial charge < -0.3 is 13.5 Å². The number of hydrogen-bond donors (Lipinski definition) is 0. The van der Waals surface area contributed by atoms with Gasteiger partial charge in [-0.05, 0) is 35.7 Å². The molecule has 31 heavy (non-hydrogen) atoms. The fraction of sp³-hybridized carbons (Fsp3) is 0.440. The van der Waals surface area contributed by atoms with Gasteiger partial charge >= 0.3 is 7.60 Å². The average molecular weight is 461 g/mol. The second-order valence-corrected chi connectivity index (χ2v) is 14.9.